The maximum absolute atomic E-state index is 12.6. The van der Waals surface area contributed by atoms with Gasteiger partial charge in [-0.05, 0) is 108 Å². The molecule has 0 aromatic rings. The number of aliphatic hydroxyl groups excluding tert-OH is 2. The molecule has 0 aromatic carbocycles. The summed E-state index contributed by atoms with van der Waals surface area (Å²) in [5, 5.41) is 46.3. The molecule has 5 aliphatic heterocycles. The molecule has 0 aromatic heterocycles. The summed E-state index contributed by atoms with van der Waals surface area (Å²) < 4.78 is 55.2. The van der Waals surface area contributed by atoms with Crippen molar-refractivity contribution >= 4 is 5.97 Å². The summed E-state index contributed by atoms with van der Waals surface area (Å²) >= 11 is 0. The number of hydrogen-bond donors (Lipinski definition) is 3. The molecule has 0 amide bonds. The number of ether oxygens (including phenoxy) is 9. The van der Waals surface area contributed by atoms with Crippen LogP contribution < -0.4 is 0 Å². The third kappa shape index (κ3) is 7.86. The highest BCUT2D eigenvalue weighted by Gasteiger charge is 2.70. The standard InChI is InChI=1S/C44H67NO16/c1-21-38(57-36-17-31-40(23(3)55-36)60-41(4,5)59-31)29(46)16-34(53-21)58-39-22(2)54-35(18-32(39)61-45(50)51)56-26-10-12-42(6)25(15-26)8-9-28-27(42)11-13-43(7)37(24-14-33(48)52-20-24)30(47)19-44(28,43)49/h14,21-23,25-32,34-40,46-47,49H,8-13,15-20H2,1-7H3/t21-,22-,23-,25-,26+,27+,28-,29+,30+,31+,32+,34+,35+,36+,37+,38-,39-,40-,42+,43-,44+/m1/s1. The normalized spacial score (nSPS) is 52.9. The number of esters is 1. The molecule has 9 aliphatic rings. The van der Waals surface area contributed by atoms with Crippen molar-refractivity contribution in [3.8, 4) is 0 Å². The summed E-state index contributed by atoms with van der Waals surface area (Å²) in [4.78, 5) is 29.0. The molecular formula is C44H67NO16. The lowest BCUT2D eigenvalue weighted by Gasteiger charge is -2.63. The largest absolute Gasteiger partial charge is 0.458 e. The molecule has 4 aliphatic carbocycles. The summed E-state index contributed by atoms with van der Waals surface area (Å²) in [6.07, 6.45) is -0.383. The van der Waals surface area contributed by atoms with Crippen LogP contribution in [-0.4, -0.2) is 130 Å². The van der Waals surface area contributed by atoms with E-state index >= 15 is 0 Å². The molecule has 4 saturated carbocycles. The summed E-state index contributed by atoms with van der Waals surface area (Å²) in [6, 6.07) is 0. The Hall–Kier alpha value is -2.03. The Kier molecular flexibility index (Phi) is 11.7. The predicted molar refractivity (Wildman–Crippen MR) is 210 cm³/mol. The van der Waals surface area contributed by atoms with Crippen molar-refractivity contribution in [3.05, 3.63) is 21.8 Å². The minimum atomic E-state index is -1.05. The van der Waals surface area contributed by atoms with Gasteiger partial charge in [-0.1, -0.05) is 13.8 Å². The van der Waals surface area contributed by atoms with Gasteiger partial charge in [0.15, 0.2) is 24.7 Å². The van der Waals surface area contributed by atoms with E-state index in [1.165, 1.54) is 6.08 Å². The van der Waals surface area contributed by atoms with E-state index in [1.54, 1.807) is 13.8 Å². The van der Waals surface area contributed by atoms with Crippen LogP contribution >= 0.6 is 0 Å². The first-order valence-electron chi connectivity index (χ1n) is 22.8. The predicted octanol–water partition coefficient (Wildman–Crippen LogP) is 4.23. The van der Waals surface area contributed by atoms with Crippen LogP contribution in [0.3, 0.4) is 0 Å². The van der Waals surface area contributed by atoms with Crippen LogP contribution in [-0.2, 0) is 52.3 Å². The fourth-order valence-electron chi connectivity index (χ4n) is 14.0. The Balaban J connectivity index is 0.795. The lowest BCUT2D eigenvalue weighted by molar-refractivity contribution is -0.773. The molecular weight excluding hydrogens is 798 g/mol. The maximum Gasteiger partial charge on any atom is 0.331 e. The van der Waals surface area contributed by atoms with E-state index in [0.717, 1.165) is 50.5 Å². The zero-order valence-electron chi connectivity index (χ0n) is 36.6. The molecule has 5 heterocycles. The highest BCUT2D eigenvalue weighted by atomic mass is 17.0. The van der Waals surface area contributed by atoms with Gasteiger partial charge in [0.1, 0.15) is 31.0 Å². The highest BCUT2D eigenvalue weighted by Crippen LogP contribution is 2.70. The van der Waals surface area contributed by atoms with Crippen molar-refractivity contribution in [2.75, 3.05) is 6.61 Å². The van der Waals surface area contributed by atoms with Crippen molar-refractivity contribution in [2.45, 2.75) is 216 Å². The number of cyclic esters (lactones) is 1. The minimum absolute atomic E-state index is 0.0291. The number of aliphatic hydroxyl groups is 3. The zero-order chi connectivity index (χ0) is 43.4. The molecule has 0 unspecified atom stereocenters. The lowest BCUT2D eigenvalue weighted by Crippen LogP contribution is -2.62. The third-order valence-corrected chi connectivity index (χ3v) is 16.8. The molecule has 61 heavy (non-hydrogen) atoms. The molecule has 0 spiro atoms. The molecule has 8 fully saturated rings. The van der Waals surface area contributed by atoms with Crippen LogP contribution in [0.2, 0.25) is 0 Å². The molecule has 0 radical (unpaired) electrons. The maximum atomic E-state index is 12.6. The average molecular weight is 866 g/mol. The van der Waals surface area contributed by atoms with Gasteiger partial charge in [0.05, 0.1) is 48.3 Å². The van der Waals surface area contributed by atoms with Gasteiger partial charge >= 0.3 is 5.97 Å². The number of nitrogens with zero attached hydrogens (tertiary/aromatic N) is 1. The van der Waals surface area contributed by atoms with Gasteiger partial charge in [0.2, 0.25) is 0 Å². The Bertz CT molecular complexity index is 1690. The van der Waals surface area contributed by atoms with Gasteiger partial charge in [-0.3, -0.25) is 0 Å². The Morgan fingerprint density at radius 2 is 1.48 bits per heavy atom. The van der Waals surface area contributed by atoms with Crippen molar-refractivity contribution in [3.63, 3.8) is 0 Å². The van der Waals surface area contributed by atoms with E-state index in [9.17, 15) is 30.2 Å². The summed E-state index contributed by atoms with van der Waals surface area (Å²) in [7, 11) is 0. The van der Waals surface area contributed by atoms with E-state index in [0.29, 0.717) is 18.8 Å². The number of carbonyl (C=O) groups is 1. The number of fused-ring (bicyclic) bond motifs is 6. The average Bonchev–Trinajstić information content (AvgIpc) is 3.79. The fraction of sp³-hybridized carbons (Fsp3) is 0.932. The quantitative estimate of drug-likeness (QED) is 0.128. The van der Waals surface area contributed by atoms with Gasteiger partial charge in [-0.2, -0.15) is 0 Å². The zero-order valence-corrected chi connectivity index (χ0v) is 36.6. The summed E-state index contributed by atoms with van der Waals surface area (Å²) in [5.74, 6) is -0.754. The number of carbonyl (C=O) groups excluding carboxylic acids is 1. The molecule has 21 atom stereocenters. The van der Waals surface area contributed by atoms with E-state index in [-0.39, 0.29) is 73.0 Å². The van der Waals surface area contributed by atoms with E-state index < -0.39 is 83.5 Å². The minimum Gasteiger partial charge on any atom is -0.458 e. The highest BCUT2D eigenvalue weighted by molar-refractivity contribution is 5.85. The summed E-state index contributed by atoms with van der Waals surface area (Å²) in [6.45, 7) is 13.9. The topological polar surface area (TPSA) is 213 Å². The van der Waals surface area contributed by atoms with Crippen molar-refractivity contribution in [1.82, 2.24) is 0 Å². The second-order valence-corrected chi connectivity index (χ2v) is 20.8. The monoisotopic (exact) mass is 865 g/mol. The molecule has 17 nitrogen and oxygen atoms in total. The Morgan fingerprint density at radius 3 is 2.18 bits per heavy atom. The van der Waals surface area contributed by atoms with E-state index in [2.05, 4.69) is 13.8 Å². The smallest absolute Gasteiger partial charge is 0.331 e. The first-order chi connectivity index (χ1) is 28.8. The molecule has 344 valence electrons. The van der Waals surface area contributed by atoms with E-state index in [4.69, 9.17) is 47.5 Å². The summed E-state index contributed by atoms with van der Waals surface area (Å²) in [5.41, 5.74) is -0.840. The molecule has 4 saturated heterocycles. The van der Waals surface area contributed by atoms with Gasteiger partial charge in [-0.25, -0.2) is 4.79 Å². The van der Waals surface area contributed by atoms with Gasteiger partial charge < -0.3 is 62.8 Å². The molecule has 9 rings (SSSR count). The molecule has 3 N–H and O–H groups in total. The Morgan fingerprint density at radius 1 is 0.787 bits per heavy atom. The van der Waals surface area contributed by atoms with Crippen LogP contribution in [0.15, 0.2) is 11.6 Å². The van der Waals surface area contributed by atoms with Gasteiger partial charge in [0, 0.05) is 43.1 Å². The van der Waals surface area contributed by atoms with Crippen molar-refractivity contribution < 1.29 is 72.7 Å². The van der Waals surface area contributed by atoms with Crippen molar-refractivity contribution in [1.29, 1.82) is 0 Å². The van der Waals surface area contributed by atoms with Crippen LogP contribution in [0.1, 0.15) is 119 Å². The van der Waals surface area contributed by atoms with Gasteiger partial charge in [-0.15, -0.1) is 10.1 Å². The first kappa shape index (κ1) is 44.2. The Labute approximate surface area is 357 Å². The van der Waals surface area contributed by atoms with Crippen LogP contribution in [0.4, 0.5) is 0 Å². The molecule has 0 bridgehead atoms. The van der Waals surface area contributed by atoms with Crippen molar-refractivity contribution in [2.24, 2.45) is 34.5 Å². The second kappa shape index (κ2) is 16.1. The third-order valence-electron chi connectivity index (χ3n) is 16.8. The van der Waals surface area contributed by atoms with Crippen LogP contribution in [0.5, 0.6) is 0 Å². The van der Waals surface area contributed by atoms with E-state index in [1.807, 2.05) is 20.8 Å². The van der Waals surface area contributed by atoms with Crippen LogP contribution in [0, 0.1) is 44.6 Å². The molecule has 17 heteroatoms. The SMILES string of the molecule is C[C@H]1O[C@@H](O[C@H]2CC[C@@]3(C)[C@H](CC[C@@H]4[C@@H]3CC[C@]3(C)[C@@H](C5=CC(=O)OC5)[C@@H](O)C[C@]43O)C2)C[C@H](O[N+](=O)[O-])[C@@H]1O[C@H]1C[C@H](O)[C@H](O[C@H]2C[C@@H]3OC(C)(C)O[C@@H]3[C@@H](C)O2)[C@@H](C)O1. The fourth-order valence-corrected chi connectivity index (χ4v) is 14.0. The second-order valence-electron chi connectivity index (χ2n) is 20.8. The van der Waals surface area contributed by atoms with Gasteiger partial charge in [0.25, 0.3) is 5.09 Å². The number of rotatable bonds is 9. The number of hydrogen-bond acceptors (Lipinski definition) is 16. The van der Waals surface area contributed by atoms with Crippen LogP contribution in [0.25, 0.3) is 0 Å². The lowest BCUT2D eigenvalue weighted by atomic mass is 9.43. The first-order valence-corrected chi connectivity index (χ1v) is 22.8.